The smallest absolute Gasteiger partial charge is 0.273 e. The first-order chi connectivity index (χ1) is 8.36. The molecule has 1 saturated carbocycles. The molecule has 0 saturated heterocycles. The number of nitrogens with one attached hydrogen (secondary N) is 1. The summed E-state index contributed by atoms with van der Waals surface area (Å²) >= 11 is 0. The quantitative estimate of drug-likeness (QED) is 0.851. The molecule has 0 atom stereocenters. The molecular weight excluding hydrogens is 232 g/mol. The van der Waals surface area contributed by atoms with Gasteiger partial charge in [0.15, 0.2) is 5.69 Å². The number of nitrogens with zero attached hydrogens (tertiary/aromatic N) is 1. The summed E-state index contributed by atoms with van der Waals surface area (Å²) in [5.74, 6) is 0.449. The standard InChI is InChI=1S/C13H20N2O3/c1-12(2,3)10-6-9(15-18-10)11(17)14-7-13(8-16)4-5-13/h6,16H,4-5,7-8H2,1-3H3,(H,14,17). The molecule has 5 heteroatoms. The summed E-state index contributed by atoms with van der Waals surface area (Å²) < 4.78 is 5.16. The minimum Gasteiger partial charge on any atom is -0.396 e. The molecule has 0 spiro atoms. The van der Waals surface area contributed by atoms with Gasteiger partial charge in [-0.15, -0.1) is 0 Å². The normalized spacial score (nSPS) is 17.6. The summed E-state index contributed by atoms with van der Waals surface area (Å²) in [5.41, 5.74) is 0.0503. The van der Waals surface area contributed by atoms with E-state index >= 15 is 0 Å². The first-order valence-corrected chi connectivity index (χ1v) is 6.23. The maximum atomic E-state index is 11.9. The van der Waals surface area contributed by atoms with Crippen LogP contribution in [0, 0.1) is 5.41 Å². The Balaban J connectivity index is 1.95. The largest absolute Gasteiger partial charge is 0.396 e. The molecule has 1 fully saturated rings. The van der Waals surface area contributed by atoms with Crippen molar-refractivity contribution in [2.75, 3.05) is 13.2 Å². The fourth-order valence-electron chi connectivity index (χ4n) is 1.66. The van der Waals surface area contributed by atoms with E-state index in [2.05, 4.69) is 10.5 Å². The molecule has 2 rings (SSSR count). The fourth-order valence-corrected chi connectivity index (χ4v) is 1.66. The molecule has 0 aliphatic heterocycles. The lowest BCUT2D eigenvalue weighted by Crippen LogP contribution is -2.32. The van der Waals surface area contributed by atoms with Crippen LogP contribution in [0.4, 0.5) is 0 Å². The second-order valence-electron chi connectivity index (χ2n) is 6.17. The SMILES string of the molecule is CC(C)(C)c1cc(C(=O)NCC2(CO)CC2)no1. The van der Waals surface area contributed by atoms with Crippen LogP contribution in [-0.2, 0) is 5.41 Å². The fraction of sp³-hybridized carbons (Fsp3) is 0.692. The van der Waals surface area contributed by atoms with Crippen molar-refractivity contribution < 1.29 is 14.4 Å². The Hall–Kier alpha value is -1.36. The Morgan fingerprint density at radius 2 is 2.22 bits per heavy atom. The molecule has 1 aromatic rings. The van der Waals surface area contributed by atoms with Gasteiger partial charge in [-0.05, 0) is 12.8 Å². The van der Waals surface area contributed by atoms with Gasteiger partial charge in [0.2, 0.25) is 0 Å². The molecule has 1 heterocycles. The van der Waals surface area contributed by atoms with E-state index in [1.54, 1.807) is 6.07 Å². The van der Waals surface area contributed by atoms with E-state index in [1.807, 2.05) is 20.8 Å². The van der Waals surface area contributed by atoms with Gasteiger partial charge in [-0.25, -0.2) is 0 Å². The Bertz CT molecular complexity index is 441. The van der Waals surface area contributed by atoms with Gasteiger partial charge >= 0.3 is 0 Å². The minimum atomic E-state index is -0.242. The first-order valence-electron chi connectivity index (χ1n) is 6.23. The Morgan fingerprint density at radius 3 is 2.67 bits per heavy atom. The Kier molecular flexibility index (Phi) is 3.19. The van der Waals surface area contributed by atoms with E-state index in [-0.39, 0.29) is 23.3 Å². The number of carbonyl (C=O) groups excluding carboxylic acids is 1. The zero-order valence-electron chi connectivity index (χ0n) is 11.1. The van der Waals surface area contributed by atoms with Crippen LogP contribution in [0.25, 0.3) is 0 Å². The van der Waals surface area contributed by atoms with Crippen LogP contribution in [0.15, 0.2) is 10.6 Å². The lowest BCUT2D eigenvalue weighted by atomic mass is 9.93. The lowest BCUT2D eigenvalue weighted by Gasteiger charge is -2.12. The Morgan fingerprint density at radius 1 is 1.56 bits per heavy atom. The third kappa shape index (κ3) is 2.72. The molecule has 18 heavy (non-hydrogen) atoms. The van der Waals surface area contributed by atoms with Crippen molar-refractivity contribution in [3.63, 3.8) is 0 Å². The van der Waals surface area contributed by atoms with Crippen LogP contribution in [0.3, 0.4) is 0 Å². The van der Waals surface area contributed by atoms with E-state index < -0.39 is 0 Å². The van der Waals surface area contributed by atoms with E-state index in [0.717, 1.165) is 12.8 Å². The average Bonchev–Trinajstić information content (AvgIpc) is 2.90. The van der Waals surface area contributed by atoms with Crippen LogP contribution in [0.5, 0.6) is 0 Å². The number of amides is 1. The van der Waals surface area contributed by atoms with Gasteiger partial charge < -0.3 is 14.9 Å². The highest BCUT2D eigenvalue weighted by molar-refractivity contribution is 5.92. The van der Waals surface area contributed by atoms with Crippen molar-refractivity contribution in [2.45, 2.75) is 39.0 Å². The van der Waals surface area contributed by atoms with Gasteiger partial charge in [0.25, 0.3) is 5.91 Å². The van der Waals surface area contributed by atoms with E-state index in [4.69, 9.17) is 9.63 Å². The van der Waals surface area contributed by atoms with Crippen molar-refractivity contribution in [1.82, 2.24) is 10.5 Å². The van der Waals surface area contributed by atoms with E-state index in [0.29, 0.717) is 18.0 Å². The van der Waals surface area contributed by atoms with Crippen LogP contribution >= 0.6 is 0 Å². The number of aliphatic hydroxyl groups excluding tert-OH is 1. The molecule has 0 unspecified atom stereocenters. The van der Waals surface area contributed by atoms with Crippen LogP contribution in [-0.4, -0.2) is 29.3 Å². The summed E-state index contributed by atoms with van der Waals surface area (Å²) in [6.45, 7) is 6.62. The Labute approximate surface area is 107 Å². The molecule has 1 amide bonds. The van der Waals surface area contributed by atoms with Crippen molar-refractivity contribution in [3.8, 4) is 0 Å². The summed E-state index contributed by atoms with van der Waals surface area (Å²) in [4.78, 5) is 11.9. The molecule has 2 N–H and O–H groups in total. The molecule has 1 aliphatic rings. The molecule has 0 bridgehead atoms. The maximum absolute atomic E-state index is 11.9. The van der Waals surface area contributed by atoms with Gasteiger partial charge in [0.05, 0.1) is 6.61 Å². The lowest BCUT2D eigenvalue weighted by molar-refractivity contribution is 0.0926. The number of rotatable bonds is 4. The van der Waals surface area contributed by atoms with Crippen LogP contribution < -0.4 is 5.32 Å². The first kappa shape index (κ1) is 13.1. The van der Waals surface area contributed by atoms with Gasteiger partial charge in [0.1, 0.15) is 5.76 Å². The highest BCUT2D eigenvalue weighted by Gasteiger charge is 2.42. The summed E-state index contributed by atoms with van der Waals surface area (Å²) in [5, 5.41) is 15.7. The molecular formula is C13H20N2O3. The summed E-state index contributed by atoms with van der Waals surface area (Å²) in [7, 11) is 0. The molecule has 0 radical (unpaired) electrons. The van der Waals surface area contributed by atoms with Crippen molar-refractivity contribution in [2.24, 2.45) is 5.41 Å². The van der Waals surface area contributed by atoms with E-state index in [1.165, 1.54) is 0 Å². The van der Waals surface area contributed by atoms with Crippen molar-refractivity contribution >= 4 is 5.91 Å². The van der Waals surface area contributed by atoms with Crippen LogP contribution in [0.1, 0.15) is 49.9 Å². The highest BCUT2D eigenvalue weighted by atomic mass is 16.5. The van der Waals surface area contributed by atoms with Gasteiger partial charge in [-0.3, -0.25) is 4.79 Å². The minimum absolute atomic E-state index is 0.0910. The topological polar surface area (TPSA) is 75.4 Å². The molecule has 0 aromatic carbocycles. The monoisotopic (exact) mass is 252 g/mol. The maximum Gasteiger partial charge on any atom is 0.273 e. The van der Waals surface area contributed by atoms with Crippen molar-refractivity contribution in [1.29, 1.82) is 0 Å². The second kappa shape index (κ2) is 4.39. The number of carbonyl (C=O) groups is 1. The number of hydrogen-bond acceptors (Lipinski definition) is 4. The summed E-state index contributed by atoms with van der Waals surface area (Å²) in [6, 6.07) is 1.67. The number of hydrogen-bond donors (Lipinski definition) is 2. The third-order valence-corrected chi connectivity index (χ3v) is 3.40. The molecule has 5 nitrogen and oxygen atoms in total. The zero-order chi connectivity index (χ0) is 13.4. The predicted octanol–water partition coefficient (Wildman–Crippen LogP) is 1.47. The second-order valence-corrected chi connectivity index (χ2v) is 6.17. The van der Waals surface area contributed by atoms with Crippen LogP contribution in [0.2, 0.25) is 0 Å². The van der Waals surface area contributed by atoms with Crippen molar-refractivity contribution in [3.05, 3.63) is 17.5 Å². The summed E-state index contributed by atoms with van der Waals surface area (Å²) in [6.07, 6.45) is 1.94. The zero-order valence-corrected chi connectivity index (χ0v) is 11.1. The molecule has 100 valence electrons. The molecule has 1 aliphatic carbocycles. The van der Waals surface area contributed by atoms with Gasteiger partial charge in [-0.2, -0.15) is 0 Å². The predicted molar refractivity (Wildman–Crippen MR) is 66.3 cm³/mol. The third-order valence-electron chi connectivity index (χ3n) is 3.40. The molecule has 1 aromatic heterocycles. The number of aromatic nitrogens is 1. The average molecular weight is 252 g/mol. The van der Waals surface area contributed by atoms with E-state index in [9.17, 15) is 4.79 Å². The highest BCUT2D eigenvalue weighted by Crippen LogP contribution is 2.44. The number of aliphatic hydroxyl groups is 1. The van der Waals surface area contributed by atoms with Gasteiger partial charge in [-0.1, -0.05) is 25.9 Å². The van der Waals surface area contributed by atoms with Gasteiger partial charge in [0, 0.05) is 23.4 Å².